The minimum atomic E-state index is -0.178. The highest BCUT2D eigenvalue weighted by Gasteiger charge is 2.23. The van der Waals surface area contributed by atoms with Crippen molar-refractivity contribution in [1.82, 2.24) is 14.7 Å². The number of hydrogen-bond acceptors (Lipinski definition) is 3. The molecule has 5 nitrogen and oxygen atoms in total. The predicted octanol–water partition coefficient (Wildman–Crippen LogP) is 4.51. The number of rotatable bonds is 5. The lowest BCUT2D eigenvalue weighted by Crippen LogP contribution is -2.29. The molecule has 0 aliphatic rings. The molecule has 1 atom stereocenters. The van der Waals surface area contributed by atoms with Gasteiger partial charge in [-0.15, -0.1) is 0 Å². The van der Waals surface area contributed by atoms with Crippen LogP contribution in [0.3, 0.4) is 0 Å². The minimum absolute atomic E-state index is 0.0812. The Morgan fingerprint density at radius 3 is 2.67 bits per heavy atom. The number of aromatic nitrogens is 2. The largest absolute Gasteiger partial charge is 0.459 e. The Bertz CT molecular complexity index is 1030. The summed E-state index contributed by atoms with van der Waals surface area (Å²) >= 11 is 0. The Hall–Kier alpha value is -3.34. The lowest BCUT2D eigenvalue weighted by atomic mass is 10.2. The summed E-state index contributed by atoms with van der Waals surface area (Å²) < 4.78 is 7.69. The van der Waals surface area contributed by atoms with Crippen molar-refractivity contribution in [3.8, 4) is 0 Å². The Balaban J connectivity index is 1.50. The van der Waals surface area contributed by atoms with Crippen molar-refractivity contribution in [3.63, 3.8) is 0 Å². The van der Waals surface area contributed by atoms with E-state index < -0.39 is 0 Å². The van der Waals surface area contributed by atoms with E-state index in [2.05, 4.69) is 5.10 Å². The summed E-state index contributed by atoms with van der Waals surface area (Å²) in [5.41, 5.74) is 2.54. The number of benzene rings is 2. The maximum absolute atomic E-state index is 12.9. The molecule has 0 radical (unpaired) electrons. The summed E-state index contributed by atoms with van der Waals surface area (Å²) in [5, 5.41) is 5.37. The Labute approximate surface area is 157 Å². The zero-order valence-electron chi connectivity index (χ0n) is 15.4. The quantitative estimate of drug-likeness (QED) is 0.527. The van der Waals surface area contributed by atoms with Crippen LogP contribution in [0, 0.1) is 0 Å². The first-order valence-corrected chi connectivity index (χ1v) is 8.94. The van der Waals surface area contributed by atoms with Gasteiger partial charge in [-0.05, 0) is 24.6 Å². The number of para-hydroxylation sites is 1. The normalized spacial score (nSPS) is 12.2. The van der Waals surface area contributed by atoms with Crippen LogP contribution < -0.4 is 0 Å². The number of nitrogens with zero attached hydrogens (tertiary/aromatic N) is 3. The van der Waals surface area contributed by atoms with E-state index in [4.69, 9.17) is 4.42 Å². The average Bonchev–Trinajstić information content (AvgIpc) is 3.34. The summed E-state index contributed by atoms with van der Waals surface area (Å²) in [7, 11) is 1.79. The molecule has 0 fully saturated rings. The maximum atomic E-state index is 12.9. The van der Waals surface area contributed by atoms with Crippen LogP contribution in [0.5, 0.6) is 0 Å². The molecule has 4 rings (SSSR count). The average molecular weight is 359 g/mol. The van der Waals surface area contributed by atoms with Crippen molar-refractivity contribution >= 4 is 16.9 Å². The van der Waals surface area contributed by atoms with E-state index in [1.54, 1.807) is 29.0 Å². The fourth-order valence-electron chi connectivity index (χ4n) is 3.11. The van der Waals surface area contributed by atoms with Crippen molar-refractivity contribution in [2.24, 2.45) is 0 Å². The van der Waals surface area contributed by atoms with Crippen molar-refractivity contribution in [2.45, 2.75) is 19.5 Å². The van der Waals surface area contributed by atoms with Crippen molar-refractivity contribution in [2.75, 3.05) is 7.05 Å². The third-order valence-corrected chi connectivity index (χ3v) is 4.83. The van der Waals surface area contributed by atoms with Crippen molar-refractivity contribution in [1.29, 1.82) is 0 Å². The third-order valence-electron chi connectivity index (χ3n) is 4.83. The van der Waals surface area contributed by atoms with E-state index in [0.29, 0.717) is 12.1 Å². The fourth-order valence-corrected chi connectivity index (χ4v) is 3.11. The van der Waals surface area contributed by atoms with Gasteiger partial charge in [-0.1, -0.05) is 48.5 Å². The lowest BCUT2D eigenvalue weighted by molar-refractivity contribution is 0.0727. The molecule has 2 aromatic heterocycles. The number of carbonyl (C=O) groups is 1. The molecule has 0 spiro atoms. The van der Waals surface area contributed by atoms with Crippen LogP contribution in [0.25, 0.3) is 11.0 Å². The molecule has 0 N–H and O–H groups in total. The number of fused-ring (bicyclic) bond motifs is 1. The van der Waals surface area contributed by atoms with E-state index >= 15 is 0 Å². The highest BCUT2D eigenvalue weighted by atomic mass is 16.3. The van der Waals surface area contributed by atoms with Gasteiger partial charge in [0.1, 0.15) is 11.3 Å². The smallest absolute Gasteiger partial charge is 0.257 e. The van der Waals surface area contributed by atoms with Gasteiger partial charge in [0, 0.05) is 18.6 Å². The Kier molecular flexibility index (Phi) is 4.50. The Morgan fingerprint density at radius 2 is 1.89 bits per heavy atom. The van der Waals surface area contributed by atoms with Crippen LogP contribution in [0.1, 0.15) is 34.6 Å². The van der Waals surface area contributed by atoms with E-state index in [-0.39, 0.29) is 11.9 Å². The molecule has 2 heterocycles. The molecule has 0 aliphatic carbocycles. The second-order valence-electron chi connectivity index (χ2n) is 6.69. The van der Waals surface area contributed by atoms with Gasteiger partial charge >= 0.3 is 0 Å². The third kappa shape index (κ3) is 3.49. The molecule has 0 aliphatic heterocycles. The first-order chi connectivity index (χ1) is 13.1. The zero-order chi connectivity index (χ0) is 18.8. The number of furan rings is 1. The predicted molar refractivity (Wildman–Crippen MR) is 104 cm³/mol. The van der Waals surface area contributed by atoms with E-state index in [1.165, 1.54) is 0 Å². The summed E-state index contributed by atoms with van der Waals surface area (Å²) in [6.45, 7) is 2.60. The first kappa shape index (κ1) is 17.1. The van der Waals surface area contributed by atoms with E-state index in [0.717, 1.165) is 22.3 Å². The van der Waals surface area contributed by atoms with Gasteiger partial charge in [0.05, 0.1) is 24.3 Å². The number of carbonyl (C=O) groups excluding carboxylic acids is 1. The summed E-state index contributed by atoms with van der Waals surface area (Å²) in [4.78, 5) is 14.6. The molecule has 1 unspecified atom stereocenters. The summed E-state index contributed by atoms with van der Waals surface area (Å²) in [6.07, 6.45) is 3.41. The van der Waals surface area contributed by atoms with Crippen LogP contribution >= 0.6 is 0 Å². The molecule has 2 aromatic carbocycles. The molecule has 27 heavy (non-hydrogen) atoms. The lowest BCUT2D eigenvalue weighted by Gasteiger charge is -2.22. The standard InChI is InChI=1S/C22H21N3O2/c1-16(21-12-18-10-6-7-11-20(18)27-21)24(2)22(26)19-13-23-25(15-19)14-17-8-4-3-5-9-17/h3-13,15-16H,14H2,1-2H3. The SMILES string of the molecule is CC(c1cc2ccccc2o1)N(C)C(=O)c1cnn(Cc2ccccc2)c1. The van der Waals surface area contributed by atoms with Gasteiger partial charge in [-0.3, -0.25) is 9.48 Å². The molecule has 0 saturated heterocycles. The van der Waals surface area contributed by atoms with E-state index in [1.807, 2.05) is 67.6 Å². The van der Waals surface area contributed by atoms with Gasteiger partial charge in [-0.2, -0.15) is 5.10 Å². The zero-order valence-corrected chi connectivity index (χ0v) is 15.4. The first-order valence-electron chi connectivity index (χ1n) is 8.94. The van der Waals surface area contributed by atoms with Gasteiger partial charge in [-0.25, -0.2) is 0 Å². The second-order valence-corrected chi connectivity index (χ2v) is 6.69. The highest BCUT2D eigenvalue weighted by molar-refractivity contribution is 5.93. The highest BCUT2D eigenvalue weighted by Crippen LogP contribution is 2.27. The molecule has 0 bridgehead atoms. The topological polar surface area (TPSA) is 51.3 Å². The summed E-state index contributed by atoms with van der Waals surface area (Å²) in [6, 6.07) is 19.7. The minimum Gasteiger partial charge on any atom is -0.459 e. The van der Waals surface area contributed by atoms with Crippen LogP contribution in [0.2, 0.25) is 0 Å². The van der Waals surface area contributed by atoms with Crippen LogP contribution in [0.15, 0.2) is 77.5 Å². The molecular weight excluding hydrogens is 338 g/mol. The molecule has 0 saturated carbocycles. The van der Waals surface area contributed by atoms with Gasteiger partial charge in [0.15, 0.2) is 0 Å². The van der Waals surface area contributed by atoms with Crippen molar-refractivity contribution in [3.05, 3.63) is 89.9 Å². The number of hydrogen-bond donors (Lipinski definition) is 0. The van der Waals surface area contributed by atoms with Gasteiger partial charge < -0.3 is 9.32 Å². The van der Waals surface area contributed by atoms with Crippen LogP contribution in [0.4, 0.5) is 0 Å². The van der Waals surface area contributed by atoms with Crippen LogP contribution in [-0.4, -0.2) is 27.6 Å². The maximum Gasteiger partial charge on any atom is 0.257 e. The molecular formula is C22H21N3O2. The molecule has 136 valence electrons. The Morgan fingerprint density at radius 1 is 1.15 bits per heavy atom. The molecule has 5 heteroatoms. The second kappa shape index (κ2) is 7.11. The molecule has 1 amide bonds. The van der Waals surface area contributed by atoms with Crippen molar-refractivity contribution < 1.29 is 9.21 Å². The van der Waals surface area contributed by atoms with Gasteiger partial charge in [0.25, 0.3) is 5.91 Å². The van der Waals surface area contributed by atoms with E-state index in [9.17, 15) is 4.79 Å². The summed E-state index contributed by atoms with van der Waals surface area (Å²) in [5.74, 6) is 0.686. The fraction of sp³-hybridized carbons (Fsp3) is 0.182. The van der Waals surface area contributed by atoms with Gasteiger partial charge in [0.2, 0.25) is 0 Å². The van der Waals surface area contributed by atoms with Crippen LogP contribution in [-0.2, 0) is 6.54 Å². The monoisotopic (exact) mass is 359 g/mol. The number of amides is 1. The molecule has 4 aromatic rings.